The molecular weight excluding hydrogens is 329 g/mol. The molecule has 22 heavy (non-hydrogen) atoms. The van der Waals surface area contributed by atoms with Crippen LogP contribution in [-0.2, 0) is 25.5 Å². The van der Waals surface area contributed by atoms with Gasteiger partial charge >= 0.3 is 5.97 Å². The Morgan fingerprint density at radius 1 is 1.32 bits per heavy atom. The van der Waals surface area contributed by atoms with Crippen molar-refractivity contribution in [3.8, 4) is 0 Å². The van der Waals surface area contributed by atoms with Crippen molar-refractivity contribution >= 4 is 35.1 Å². The molecule has 0 spiro atoms. The number of rotatable bonds is 5. The quantitative estimate of drug-likeness (QED) is 0.658. The third-order valence-electron chi connectivity index (χ3n) is 3.29. The molecular formula is C15H17Cl2NO4. The largest absolute Gasteiger partial charge is 0.442 e. The van der Waals surface area contributed by atoms with E-state index < -0.39 is 12.1 Å². The second-order valence-corrected chi connectivity index (χ2v) is 5.82. The first-order valence-electron chi connectivity index (χ1n) is 7.05. The zero-order valence-corrected chi connectivity index (χ0v) is 13.5. The molecule has 1 atom stereocenters. The highest BCUT2D eigenvalue weighted by molar-refractivity contribution is 6.35. The summed E-state index contributed by atoms with van der Waals surface area (Å²) in [7, 11) is 0. The Balaban J connectivity index is 1.72. The van der Waals surface area contributed by atoms with Gasteiger partial charge < -0.3 is 14.8 Å². The van der Waals surface area contributed by atoms with Crippen molar-refractivity contribution in [2.75, 3.05) is 13.3 Å². The van der Waals surface area contributed by atoms with Crippen molar-refractivity contribution in [3.63, 3.8) is 0 Å². The lowest BCUT2D eigenvalue weighted by Crippen LogP contribution is -2.35. The molecule has 0 bridgehead atoms. The van der Waals surface area contributed by atoms with Gasteiger partial charge in [0.25, 0.3) is 0 Å². The second kappa shape index (κ2) is 8.36. The molecule has 1 amide bonds. The molecule has 1 unspecified atom stereocenters. The van der Waals surface area contributed by atoms with Crippen LogP contribution in [0.1, 0.15) is 24.8 Å². The zero-order valence-electron chi connectivity index (χ0n) is 11.9. The Hall–Kier alpha value is -1.30. The predicted octanol–water partition coefficient (Wildman–Crippen LogP) is 2.72. The number of esters is 1. The van der Waals surface area contributed by atoms with Crippen LogP contribution in [0, 0.1) is 0 Å². The van der Waals surface area contributed by atoms with Crippen molar-refractivity contribution in [3.05, 3.63) is 33.8 Å². The van der Waals surface area contributed by atoms with Gasteiger partial charge in [0, 0.05) is 16.7 Å². The second-order valence-electron chi connectivity index (χ2n) is 4.98. The van der Waals surface area contributed by atoms with Crippen LogP contribution in [0.4, 0.5) is 0 Å². The van der Waals surface area contributed by atoms with Crippen LogP contribution in [0.15, 0.2) is 18.2 Å². The first-order valence-corrected chi connectivity index (χ1v) is 7.80. The molecule has 0 saturated carbocycles. The van der Waals surface area contributed by atoms with Gasteiger partial charge in [-0.15, -0.1) is 0 Å². The van der Waals surface area contributed by atoms with E-state index in [1.165, 1.54) is 0 Å². The van der Waals surface area contributed by atoms with E-state index >= 15 is 0 Å². The van der Waals surface area contributed by atoms with Gasteiger partial charge in [0.1, 0.15) is 0 Å². The normalized spacial score (nSPS) is 17.8. The average molecular weight is 346 g/mol. The summed E-state index contributed by atoms with van der Waals surface area (Å²) in [6.07, 6.45) is 2.14. The van der Waals surface area contributed by atoms with Gasteiger partial charge in [-0.05, 0) is 37.0 Å². The van der Waals surface area contributed by atoms with Crippen molar-refractivity contribution in [2.45, 2.75) is 31.8 Å². The maximum Gasteiger partial charge on any atom is 0.336 e. The minimum Gasteiger partial charge on any atom is -0.442 e. The maximum atomic E-state index is 11.8. The Morgan fingerprint density at radius 3 is 2.82 bits per heavy atom. The highest BCUT2D eigenvalue weighted by Crippen LogP contribution is 2.21. The number of nitrogens with one attached hydrogen (secondary N) is 1. The van der Waals surface area contributed by atoms with Crippen LogP contribution in [0.2, 0.25) is 10.0 Å². The van der Waals surface area contributed by atoms with E-state index in [4.69, 9.17) is 32.7 Å². The predicted molar refractivity (Wildman–Crippen MR) is 82.9 cm³/mol. The third kappa shape index (κ3) is 5.16. The maximum absolute atomic E-state index is 11.8. The summed E-state index contributed by atoms with van der Waals surface area (Å²) >= 11 is 11.8. The number of amides is 1. The molecule has 2 rings (SSSR count). The zero-order chi connectivity index (χ0) is 15.9. The van der Waals surface area contributed by atoms with Gasteiger partial charge in [0.05, 0.1) is 6.42 Å². The minimum absolute atomic E-state index is 0.0908. The lowest BCUT2D eigenvalue weighted by atomic mass is 10.1. The van der Waals surface area contributed by atoms with Gasteiger partial charge in [-0.3, -0.25) is 4.79 Å². The van der Waals surface area contributed by atoms with Crippen LogP contribution in [0.5, 0.6) is 0 Å². The highest BCUT2D eigenvalue weighted by atomic mass is 35.5. The number of ether oxygens (including phenoxy) is 2. The van der Waals surface area contributed by atoms with E-state index in [1.807, 2.05) is 0 Å². The number of hydrogen-bond donors (Lipinski definition) is 1. The van der Waals surface area contributed by atoms with E-state index in [1.54, 1.807) is 18.2 Å². The van der Waals surface area contributed by atoms with Crippen LogP contribution in [-0.4, -0.2) is 31.3 Å². The fraction of sp³-hybridized carbons (Fsp3) is 0.467. The molecule has 5 nitrogen and oxygen atoms in total. The summed E-state index contributed by atoms with van der Waals surface area (Å²) in [6.45, 7) is 0.393. The first-order chi connectivity index (χ1) is 10.6. The molecule has 0 aromatic heterocycles. The number of benzene rings is 1. The van der Waals surface area contributed by atoms with Crippen molar-refractivity contribution in [1.29, 1.82) is 0 Å². The number of hydrogen-bond acceptors (Lipinski definition) is 4. The SMILES string of the molecule is O=C(Cc1ccc(Cl)cc1Cl)NCOC(=O)C1CCCCO1. The van der Waals surface area contributed by atoms with E-state index in [0.717, 1.165) is 12.8 Å². The smallest absolute Gasteiger partial charge is 0.336 e. The lowest BCUT2D eigenvalue weighted by Gasteiger charge is -2.20. The molecule has 1 aromatic carbocycles. The first kappa shape index (κ1) is 17.1. The average Bonchev–Trinajstić information content (AvgIpc) is 2.51. The molecule has 1 aliphatic heterocycles. The lowest BCUT2D eigenvalue weighted by molar-refractivity contribution is -0.161. The fourth-order valence-corrected chi connectivity index (χ4v) is 2.58. The van der Waals surface area contributed by atoms with E-state index in [-0.39, 0.29) is 19.1 Å². The fourth-order valence-electron chi connectivity index (χ4n) is 2.11. The summed E-state index contributed by atoms with van der Waals surface area (Å²) in [6, 6.07) is 4.93. The van der Waals surface area contributed by atoms with Gasteiger partial charge in [0.15, 0.2) is 12.8 Å². The Bertz CT molecular complexity index is 544. The monoisotopic (exact) mass is 345 g/mol. The number of carbonyl (C=O) groups is 2. The third-order valence-corrected chi connectivity index (χ3v) is 3.88. The molecule has 120 valence electrons. The summed E-state index contributed by atoms with van der Waals surface area (Å²) < 4.78 is 10.3. The molecule has 0 radical (unpaired) electrons. The summed E-state index contributed by atoms with van der Waals surface area (Å²) in [5.74, 6) is -0.730. The molecule has 1 aromatic rings. The van der Waals surface area contributed by atoms with Crippen LogP contribution < -0.4 is 5.32 Å². The molecule has 1 aliphatic rings. The van der Waals surface area contributed by atoms with Crippen molar-refractivity contribution < 1.29 is 19.1 Å². The molecule has 1 fully saturated rings. The standard InChI is InChI=1S/C15H17Cl2NO4/c16-11-5-4-10(12(17)8-11)7-14(19)18-9-22-15(20)13-3-1-2-6-21-13/h4-5,8,13H,1-3,6-7,9H2,(H,18,19). The molecule has 7 heteroatoms. The van der Waals surface area contributed by atoms with E-state index in [9.17, 15) is 9.59 Å². The molecule has 1 heterocycles. The summed E-state index contributed by atoms with van der Waals surface area (Å²) in [5.41, 5.74) is 0.658. The van der Waals surface area contributed by atoms with Gasteiger partial charge in [-0.25, -0.2) is 4.79 Å². The Kier molecular flexibility index (Phi) is 6.49. The van der Waals surface area contributed by atoms with Gasteiger partial charge in [-0.1, -0.05) is 29.3 Å². The van der Waals surface area contributed by atoms with E-state index in [0.29, 0.717) is 28.6 Å². The topological polar surface area (TPSA) is 64.6 Å². The van der Waals surface area contributed by atoms with Crippen LogP contribution in [0.3, 0.4) is 0 Å². The molecule has 0 aliphatic carbocycles. The number of halogens is 2. The van der Waals surface area contributed by atoms with Gasteiger partial charge in [-0.2, -0.15) is 0 Å². The Morgan fingerprint density at radius 2 is 2.14 bits per heavy atom. The highest BCUT2D eigenvalue weighted by Gasteiger charge is 2.23. The van der Waals surface area contributed by atoms with Crippen molar-refractivity contribution in [1.82, 2.24) is 5.32 Å². The van der Waals surface area contributed by atoms with Gasteiger partial charge in [0.2, 0.25) is 5.91 Å². The molecule has 1 N–H and O–H groups in total. The molecule has 1 saturated heterocycles. The number of carbonyl (C=O) groups excluding carboxylic acids is 2. The van der Waals surface area contributed by atoms with Crippen LogP contribution >= 0.6 is 23.2 Å². The summed E-state index contributed by atoms with van der Waals surface area (Å²) in [5, 5.41) is 3.45. The Labute approximate surface area is 138 Å². The summed E-state index contributed by atoms with van der Waals surface area (Å²) in [4.78, 5) is 23.5. The van der Waals surface area contributed by atoms with Crippen LogP contribution in [0.25, 0.3) is 0 Å². The van der Waals surface area contributed by atoms with Crippen molar-refractivity contribution in [2.24, 2.45) is 0 Å². The minimum atomic E-state index is -0.517. The van der Waals surface area contributed by atoms with E-state index in [2.05, 4.69) is 5.32 Å².